The van der Waals surface area contributed by atoms with Crippen LogP contribution in [0.2, 0.25) is 0 Å². The maximum Gasteiger partial charge on any atom is 0.323 e. The van der Waals surface area contributed by atoms with Crippen LogP contribution in [0.5, 0.6) is 0 Å². The molecule has 2 fully saturated rings. The van der Waals surface area contributed by atoms with Crippen LogP contribution in [0.4, 0.5) is 10.6 Å². The monoisotopic (exact) mass is 311 g/mol. The number of rotatable bonds is 5. The van der Waals surface area contributed by atoms with E-state index in [9.17, 15) is 4.79 Å². The van der Waals surface area contributed by atoms with Crippen LogP contribution in [0.15, 0.2) is 40.9 Å². The zero-order chi connectivity index (χ0) is 15.8. The molecule has 23 heavy (non-hydrogen) atoms. The average molecular weight is 311 g/mol. The van der Waals surface area contributed by atoms with Gasteiger partial charge in [-0.25, -0.2) is 9.78 Å². The zero-order valence-corrected chi connectivity index (χ0v) is 13.2. The van der Waals surface area contributed by atoms with E-state index in [0.717, 1.165) is 30.3 Å². The van der Waals surface area contributed by atoms with Crippen molar-refractivity contribution in [2.45, 2.75) is 44.7 Å². The molecule has 2 aromatic rings. The fourth-order valence-corrected chi connectivity index (χ4v) is 2.94. The zero-order valence-electron chi connectivity index (χ0n) is 13.2. The number of amides is 2. The summed E-state index contributed by atoms with van der Waals surface area (Å²) in [6.45, 7) is 2.76. The van der Waals surface area contributed by atoms with Gasteiger partial charge in [0.1, 0.15) is 17.3 Å². The molecular weight excluding hydrogens is 290 g/mol. The van der Waals surface area contributed by atoms with Crippen LogP contribution in [0.25, 0.3) is 0 Å². The molecule has 2 atom stereocenters. The second-order valence-corrected chi connectivity index (χ2v) is 6.63. The number of aromatic nitrogens is 1. The van der Waals surface area contributed by atoms with Crippen molar-refractivity contribution in [3.63, 3.8) is 0 Å². The first-order chi connectivity index (χ1) is 11.2. The minimum absolute atomic E-state index is 0.107. The SMILES string of the molecule is C[C@H]1C[C@@H]1c1ccc(CN(C(=O)Nc2ccccn2)C2CC2)o1. The van der Waals surface area contributed by atoms with E-state index in [2.05, 4.69) is 23.3 Å². The Bertz CT molecular complexity index is 693. The molecule has 2 aromatic heterocycles. The van der Waals surface area contributed by atoms with Gasteiger partial charge >= 0.3 is 6.03 Å². The van der Waals surface area contributed by atoms with Crippen molar-refractivity contribution in [3.05, 3.63) is 48.0 Å². The summed E-state index contributed by atoms with van der Waals surface area (Å²) in [7, 11) is 0. The van der Waals surface area contributed by atoms with Gasteiger partial charge in [-0.05, 0) is 49.4 Å². The third-order valence-electron chi connectivity index (χ3n) is 4.63. The molecule has 0 unspecified atom stereocenters. The molecule has 120 valence electrons. The number of hydrogen-bond donors (Lipinski definition) is 1. The Hall–Kier alpha value is -2.30. The molecule has 0 bridgehead atoms. The largest absolute Gasteiger partial charge is 0.464 e. The van der Waals surface area contributed by atoms with Crippen molar-refractivity contribution < 1.29 is 9.21 Å². The summed E-state index contributed by atoms with van der Waals surface area (Å²) in [5, 5.41) is 2.87. The van der Waals surface area contributed by atoms with Crippen LogP contribution < -0.4 is 5.32 Å². The quantitative estimate of drug-likeness (QED) is 0.908. The summed E-state index contributed by atoms with van der Waals surface area (Å²) in [4.78, 5) is 18.5. The highest BCUT2D eigenvalue weighted by molar-refractivity contribution is 5.88. The average Bonchev–Trinajstić information content (AvgIpc) is 3.47. The molecule has 0 saturated heterocycles. The van der Waals surface area contributed by atoms with Crippen molar-refractivity contribution in [2.75, 3.05) is 5.32 Å². The second-order valence-electron chi connectivity index (χ2n) is 6.63. The molecule has 5 nitrogen and oxygen atoms in total. The summed E-state index contributed by atoms with van der Waals surface area (Å²) < 4.78 is 5.95. The summed E-state index contributed by atoms with van der Waals surface area (Å²) in [6, 6.07) is 9.76. The highest BCUT2D eigenvalue weighted by Gasteiger charge is 2.37. The highest BCUT2D eigenvalue weighted by Crippen LogP contribution is 2.47. The second kappa shape index (κ2) is 5.72. The van der Waals surface area contributed by atoms with E-state index in [0.29, 0.717) is 24.3 Å². The molecule has 0 radical (unpaired) electrons. The van der Waals surface area contributed by atoms with Gasteiger partial charge in [-0.3, -0.25) is 5.32 Å². The summed E-state index contributed by atoms with van der Waals surface area (Å²) >= 11 is 0. The topological polar surface area (TPSA) is 58.4 Å². The number of furan rings is 1. The van der Waals surface area contributed by atoms with E-state index in [4.69, 9.17) is 4.42 Å². The van der Waals surface area contributed by atoms with E-state index in [1.54, 1.807) is 12.3 Å². The summed E-state index contributed by atoms with van der Waals surface area (Å²) in [5.74, 6) is 3.80. The number of urea groups is 1. The van der Waals surface area contributed by atoms with Gasteiger partial charge in [0.2, 0.25) is 0 Å². The highest BCUT2D eigenvalue weighted by atomic mass is 16.3. The van der Waals surface area contributed by atoms with Crippen molar-refractivity contribution >= 4 is 11.8 Å². The van der Waals surface area contributed by atoms with Crippen molar-refractivity contribution in [1.29, 1.82) is 0 Å². The van der Waals surface area contributed by atoms with Gasteiger partial charge in [0.05, 0.1) is 6.54 Å². The molecule has 1 N–H and O–H groups in total. The van der Waals surface area contributed by atoms with E-state index in [-0.39, 0.29) is 6.03 Å². The first-order valence-corrected chi connectivity index (χ1v) is 8.28. The summed E-state index contributed by atoms with van der Waals surface area (Å²) in [6.07, 6.45) is 5.00. The predicted molar refractivity (Wildman–Crippen MR) is 87.1 cm³/mol. The molecule has 2 aliphatic carbocycles. The predicted octanol–water partition coefficient (Wildman–Crippen LogP) is 3.99. The fraction of sp³-hybridized carbons (Fsp3) is 0.444. The van der Waals surface area contributed by atoms with Crippen LogP contribution in [0.3, 0.4) is 0 Å². The first-order valence-electron chi connectivity index (χ1n) is 8.28. The maximum atomic E-state index is 12.5. The van der Waals surface area contributed by atoms with Crippen molar-refractivity contribution in [3.8, 4) is 0 Å². The van der Waals surface area contributed by atoms with Crippen molar-refractivity contribution in [2.24, 2.45) is 5.92 Å². The van der Waals surface area contributed by atoms with Crippen LogP contribution in [0.1, 0.15) is 43.6 Å². The maximum absolute atomic E-state index is 12.5. The Morgan fingerprint density at radius 2 is 2.17 bits per heavy atom. The van der Waals surface area contributed by atoms with Crippen LogP contribution >= 0.6 is 0 Å². The number of carbonyl (C=O) groups excluding carboxylic acids is 1. The van der Waals surface area contributed by atoms with Crippen LogP contribution in [-0.4, -0.2) is 22.0 Å². The lowest BCUT2D eigenvalue weighted by atomic mass is 10.3. The smallest absolute Gasteiger partial charge is 0.323 e. The lowest BCUT2D eigenvalue weighted by molar-refractivity contribution is 0.200. The van der Waals surface area contributed by atoms with E-state index >= 15 is 0 Å². The Kier molecular flexibility index (Phi) is 3.56. The normalized spacial score (nSPS) is 22.7. The molecular formula is C18H21N3O2. The fourth-order valence-electron chi connectivity index (χ4n) is 2.94. The Balaban J connectivity index is 1.43. The molecule has 5 heteroatoms. The lowest BCUT2D eigenvalue weighted by Gasteiger charge is -2.21. The van der Waals surface area contributed by atoms with Crippen LogP contribution in [0, 0.1) is 5.92 Å². The third-order valence-corrected chi connectivity index (χ3v) is 4.63. The molecule has 2 amide bonds. The van der Waals surface area contributed by atoms with Crippen LogP contribution in [-0.2, 0) is 6.54 Å². The third kappa shape index (κ3) is 3.23. The van der Waals surface area contributed by atoms with Gasteiger partial charge in [0, 0.05) is 18.2 Å². The standard InChI is InChI=1S/C18H21N3O2/c1-12-10-15(12)16-8-7-14(23-16)11-21(13-5-6-13)18(22)20-17-4-2-3-9-19-17/h2-4,7-9,12-13,15H,5-6,10-11H2,1H3,(H,19,20,22)/t12-,15-/m0/s1. The Morgan fingerprint density at radius 1 is 1.35 bits per heavy atom. The van der Waals surface area contributed by atoms with E-state index in [1.807, 2.05) is 23.1 Å². The minimum atomic E-state index is -0.107. The molecule has 2 heterocycles. The van der Waals surface area contributed by atoms with Gasteiger partial charge in [-0.1, -0.05) is 13.0 Å². The van der Waals surface area contributed by atoms with E-state index < -0.39 is 0 Å². The molecule has 0 aromatic carbocycles. The van der Waals surface area contributed by atoms with E-state index in [1.165, 1.54) is 6.42 Å². The number of hydrogen-bond acceptors (Lipinski definition) is 3. The Morgan fingerprint density at radius 3 is 2.83 bits per heavy atom. The molecule has 0 spiro atoms. The molecule has 4 rings (SSSR count). The van der Waals surface area contributed by atoms with Crippen molar-refractivity contribution in [1.82, 2.24) is 9.88 Å². The van der Waals surface area contributed by atoms with Gasteiger partial charge < -0.3 is 9.32 Å². The Labute approximate surface area is 135 Å². The van der Waals surface area contributed by atoms with Gasteiger partial charge in [-0.2, -0.15) is 0 Å². The number of anilines is 1. The van der Waals surface area contributed by atoms with Gasteiger partial charge in [0.15, 0.2) is 0 Å². The number of nitrogens with one attached hydrogen (secondary N) is 1. The number of nitrogens with zero attached hydrogens (tertiary/aromatic N) is 2. The van der Waals surface area contributed by atoms with Gasteiger partial charge in [0.25, 0.3) is 0 Å². The molecule has 2 aliphatic rings. The molecule has 2 saturated carbocycles. The summed E-state index contributed by atoms with van der Waals surface area (Å²) in [5.41, 5.74) is 0. The molecule has 0 aliphatic heterocycles. The lowest BCUT2D eigenvalue weighted by Crippen LogP contribution is -2.36. The van der Waals surface area contributed by atoms with Gasteiger partial charge in [-0.15, -0.1) is 0 Å². The first kappa shape index (κ1) is 14.3. The number of carbonyl (C=O) groups is 1. The minimum Gasteiger partial charge on any atom is -0.464 e. The number of pyridine rings is 1.